The third kappa shape index (κ3) is 5.68. The van der Waals surface area contributed by atoms with Crippen molar-refractivity contribution in [2.24, 2.45) is 0 Å². The lowest BCUT2D eigenvalue weighted by Crippen LogP contribution is -2.41. The van der Waals surface area contributed by atoms with E-state index in [1.165, 1.54) is 12.1 Å². The molecule has 136 valence electrons. The van der Waals surface area contributed by atoms with Gasteiger partial charge in [0.05, 0.1) is 24.2 Å². The van der Waals surface area contributed by atoms with Crippen LogP contribution in [0.4, 0.5) is 4.39 Å². The zero-order chi connectivity index (χ0) is 19.1. The fraction of sp³-hybridized carbons (Fsp3) is 0.333. The van der Waals surface area contributed by atoms with Gasteiger partial charge in [-0.3, -0.25) is 9.69 Å². The average Bonchev–Trinajstić information content (AvgIpc) is 2.62. The SMILES string of the molecule is CC(NC(=O)CN(Cc1ccc(C#N)cc1)C(C)C)c1ccc(F)cc1. The second kappa shape index (κ2) is 9.12. The Morgan fingerprint density at radius 3 is 2.27 bits per heavy atom. The van der Waals surface area contributed by atoms with E-state index in [-0.39, 0.29) is 30.4 Å². The van der Waals surface area contributed by atoms with Crippen LogP contribution in [0.5, 0.6) is 0 Å². The Morgan fingerprint density at radius 1 is 1.12 bits per heavy atom. The summed E-state index contributed by atoms with van der Waals surface area (Å²) in [5.74, 6) is -0.371. The first-order valence-electron chi connectivity index (χ1n) is 8.67. The number of nitriles is 1. The monoisotopic (exact) mass is 353 g/mol. The first kappa shape index (κ1) is 19.6. The normalized spacial score (nSPS) is 12.0. The summed E-state index contributed by atoms with van der Waals surface area (Å²) in [7, 11) is 0. The number of benzene rings is 2. The Labute approximate surface area is 154 Å². The molecular weight excluding hydrogens is 329 g/mol. The fourth-order valence-corrected chi connectivity index (χ4v) is 2.65. The van der Waals surface area contributed by atoms with Crippen molar-refractivity contribution in [3.8, 4) is 6.07 Å². The van der Waals surface area contributed by atoms with Crippen molar-refractivity contribution >= 4 is 5.91 Å². The van der Waals surface area contributed by atoms with Gasteiger partial charge in [-0.2, -0.15) is 5.26 Å². The highest BCUT2D eigenvalue weighted by molar-refractivity contribution is 5.78. The van der Waals surface area contributed by atoms with Crippen LogP contribution in [0.15, 0.2) is 48.5 Å². The minimum atomic E-state index is -0.291. The largest absolute Gasteiger partial charge is 0.348 e. The summed E-state index contributed by atoms with van der Waals surface area (Å²) >= 11 is 0. The van der Waals surface area contributed by atoms with Crippen molar-refractivity contribution in [2.75, 3.05) is 6.54 Å². The quantitative estimate of drug-likeness (QED) is 0.824. The lowest BCUT2D eigenvalue weighted by atomic mass is 10.1. The van der Waals surface area contributed by atoms with Gasteiger partial charge in [0.1, 0.15) is 5.82 Å². The number of hydrogen-bond acceptors (Lipinski definition) is 3. The van der Waals surface area contributed by atoms with Crippen molar-refractivity contribution in [3.63, 3.8) is 0 Å². The van der Waals surface area contributed by atoms with E-state index in [4.69, 9.17) is 5.26 Å². The number of rotatable bonds is 7. The van der Waals surface area contributed by atoms with Gasteiger partial charge in [0, 0.05) is 12.6 Å². The van der Waals surface area contributed by atoms with E-state index in [0.717, 1.165) is 11.1 Å². The van der Waals surface area contributed by atoms with Gasteiger partial charge in [-0.25, -0.2) is 4.39 Å². The molecular formula is C21H24FN3O. The van der Waals surface area contributed by atoms with Gasteiger partial charge in [0.25, 0.3) is 0 Å². The van der Waals surface area contributed by atoms with Crippen molar-refractivity contribution in [2.45, 2.75) is 39.4 Å². The number of nitrogens with zero attached hydrogens (tertiary/aromatic N) is 2. The van der Waals surface area contributed by atoms with Crippen molar-refractivity contribution < 1.29 is 9.18 Å². The predicted octanol–water partition coefficient (Wildman–Crippen LogP) is 3.79. The molecule has 0 aliphatic carbocycles. The van der Waals surface area contributed by atoms with Crippen LogP contribution in [0.2, 0.25) is 0 Å². The first-order chi connectivity index (χ1) is 12.4. The molecule has 0 saturated carbocycles. The molecule has 0 saturated heterocycles. The first-order valence-corrected chi connectivity index (χ1v) is 8.67. The molecule has 0 bridgehead atoms. The molecule has 1 amide bonds. The van der Waals surface area contributed by atoms with Gasteiger partial charge in [0.2, 0.25) is 5.91 Å². The average molecular weight is 353 g/mol. The Hall–Kier alpha value is -2.71. The number of nitrogens with one attached hydrogen (secondary N) is 1. The standard InChI is InChI=1S/C21H24FN3O/c1-15(2)25(13-18-6-4-17(12-23)5-7-18)14-21(26)24-16(3)19-8-10-20(22)11-9-19/h4-11,15-16H,13-14H2,1-3H3,(H,24,26). The highest BCUT2D eigenvalue weighted by Crippen LogP contribution is 2.14. The molecule has 4 nitrogen and oxygen atoms in total. The third-order valence-corrected chi connectivity index (χ3v) is 4.29. The topological polar surface area (TPSA) is 56.1 Å². The molecule has 0 aromatic heterocycles. The lowest BCUT2D eigenvalue weighted by Gasteiger charge is -2.27. The number of carbonyl (C=O) groups is 1. The Bertz CT molecular complexity index is 763. The van der Waals surface area contributed by atoms with Crippen LogP contribution in [0, 0.1) is 17.1 Å². The Morgan fingerprint density at radius 2 is 1.73 bits per heavy atom. The number of hydrogen-bond donors (Lipinski definition) is 1. The van der Waals surface area contributed by atoms with E-state index < -0.39 is 0 Å². The van der Waals surface area contributed by atoms with Gasteiger partial charge in [-0.05, 0) is 56.2 Å². The summed E-state index contributed by atoms with van der Waals surface area (Å²) in [4.78, 5) is 14.5. The molecule has 2 aromatic carbocycles. The molecule has 2 aromatic rings. The molecule has 0 radical (unpaired) electrons. The maximum Gasteiger partial charge on any atom is 0.234 e. The highest BCUT2D eigenvalue weighted by Gasteiger charge is 2.16. The summed E-state index contributed by atoms with van der Waals surface area (Å²) < 4.78 is 13.0. The van der Waals surface area contributed by atoms with Crippen molar-refractivity contribution in [3.05, 3.63) is 71.0 Å². The van der Waals surface area contributed by atoms with Crippen LogP contribution in [0.1, 0.15) is 43.5 Å². The van der Waals surface area contributed by atoms with Gasteiger partial charge in [0.15, 0.2) is 0 Å². The van der Waals surface area contributed by atoms with Crippen molar-refractivity contribution in [1.82, 2.24) is 10.2 Å². The van der Waals surface area contributed by atoms with Crippen LogP contribution >= 0.6 is 0 Å². The molecule has 2 rings (SSSR count). The van der Waals surface area contributed by atoms with Crippen molar-refractivity contribution in [1.29, 1.82) is 5.26 Å². The molecule has 0 aliphatic rings. The molecule has 0 fully saturated rings. The van der Waals surface area contributed by atoms with E-state index in [1.807, 2.05) is 32.9 Å². The Balaban J connectivity index is 1.96. The molecule has 5 heteroatoms. The van der Waals surface area contributed by atoms with Gasteiger partial charge < -0.3 is 5.32 Å². The second-order valence-electron chi connectivity index (χ2n) is 6.65. The van der Waals surface area contributed by atoms with E-state index in [0.29, 0.717) is 12.1 Å². The third-order valence-electron chi connectivity index (χ3n) is 4.29. The molecule has 26 heavy (non-hydrogen) atoms. The minimum Gasteiger partial charge on any atom is -0.348 e. The number of halogens is 1. The maximum absolute atomic E-state index is 13.0. The van der Waals surface area contributed by atoms with E-state index in [9.17, 15) is 9.18 Å². The Kier molecular flexibility index (Phi) is 6.88. The number of carbonyl (C=O) groups excluding carboxylic acids is 1. The molecule has 1 unspecified atom stereocenters. The van der Waals surface area contributed by atoms with Gasteiger partial charge in [-0.1, -0.05) is 24.3 Å². The summed E-state index contributed by atoms with van der Waals surface area (Å²) in [6.07, 6.45) is 0. The molecule has 1 atom stereocenters. The maximum atomic E-state index is 13.0. The van der Waals surface area contributed by atoms with Crippen LogP contribution in [-0.4, -0.2) is 23.4 Å². The van der Waals surface area contributed by atoms with E-state index in [2.05, 4.69) is 16.3 Å². The van der Waals surface area contributed by atoms with E-state index in [1.54, 1.807) is 24.3 Å². The summed E-state index contributed by atoms with van der Waals surface area (Å²) in [5, 5.41) is 11.8. The van der Waals surface area contributed by atoms with Crippen LogP contribution in [0.25, 0.3) is 0 Å². The predicted molar refractivity (Wildman–Crippen MR) is 99.7 cm³/mol. The molecule has 1 N–H and O–H groups in total. The zero-order valence-electron chi connectivity index (χ0n) is 15.4. The highest BCUT2D eigenvalue weighted by atomic mass is 19.1. The van der Waals surface area contributed by atoms with Crippen LogP contribution in [0.3, 0.4) is 0 Å². The fourth-order valence-electron chi connectivity index (χ4n) is 2.65. The molecule has 0 heterocycles. The summed E-state index contributed by atoms with van der Waals surface area (Å²) in [6.45, 7) is 6.86. The van der Waals surface area contributed by atoms with Crippen LogP contribution < -0.4 is 5.32 Å². The minimum absolute atomic E-state index is 0.0795. The number of amides is 1. The summed E-state index contributed by atoms with van der Waals surface area (Å²) in [5.41, 5.74) is 2.54. The van der Waals surface area contributed by atoms with E-state index >= 15 is 0 Å². The summed E-state index contributed by atoms with van der Waals surface area (Å²) in [6, 6.07) is 15.6. The lowest BCUT2D eigenvalue weighted by molar-refractivity contribution is -0.123. The van der Waals surface area contributed by atoms with Gasteiger partial charge in [-0.15, -0.1) is 0 Å². The second-order valence-corrected chi connectivity index (χ2v) is 6.65. The smallest absolute Gasteiger partial charge is 0.234 e. The molecule has 0 aliphatic heterocycles. The van der Waals surface area contributed by atoms with Gasteiger partial charge >= 0.3 is 0 Å². The zero-order valence-corrected chi connectivity index (χ0v) is 15.4. The molecule has 0 spiro atoms. The van der Waals surface area contributed by atoms with Crippen LogP contribution in [-0.2, 0) is 11.3 Å².